The lowest BCUT2D eigenvalue weighted by molar-refractivity contribution is 0.0735. The normalized spacial score (nSPS) is 31.6. The SMILES string of the molecule is CSC(C)CN1CC(C2CCCCC2)NCC1C(C)C. The summed E-state index contributed by atoms with van der Waals surface area (Å²) in [6, 6.07) is 1.48. The minimum atomic E-state index is 0.726. The zero-order chi connectivity index (χ0) is 14.5. The van der Waals surface area contributed by atoms with Crippen LogP contribution < -0.4 is 5.32 Å². The van der Waals surface area contributed by atoms with Crippen LogP contribution in [0.3, 0.4) is 0 Å². The van der Waals surface area contributed by atoms with Crippen molar-refractivity contribution in [3.05, 3.63) is 0 Å². The van der Waals surface area contributed by atoms with E-state index in [1.807, 2.05) is 11.8 Å². The second-order valence-corrected chi connectivity index (χ2v) is 8.50. The molecule has 0 aromatic heterocycles. The summed E-state index contributed by atoms with van der Waals surface area (Å²) < 4.78 is 0. The molecule has 0 spiro atoms. The first-order valence-corrected chi connectivity index (χ1v) is 9.90. The van der Waals surface area contributed by atoms with Crippen LogP contribution in [0.4, 0.5) is 0 Å². The summed E-state index contributed by atoms with van der Waals surface area (Å²) in [4.78, 5) is 2.79. The van der Waals surface area contributed by atoms with Crippen molar-refractivity contribution in [3.63, 3.8) is 0 Å². The molecule has 1 N–H and O–H groups in total. The van der Waals surface area contributed by atoms with E-state index in [9.17, 15) is 0 Å². The third kappa shape index (κ3) is 4.38. The smallest absolute Gasteiger partial charge is 0.0244 e. The molecule has 0 radical (unpaired) electrons. The van der Waals surface area contributed by atoms with Crippen LogP contribution in [0.2, 0.25) is 0 Å². The van der Waals surface area contributed by atoms with E-state index in [4.69, 9.17) is 0 Å². The van der Waals surface area contributed by atoms with Gasteiger partial charge < -0.3 is 5.32 Å². The highest BCUT2D eigenvalue weighted by molar-refractivity contribution is 7.99. The largest absolute Gasteiger partial charge is 0.311 e. The molecule has 2 fully saturated rings. The predicted molar refractivity (Wildman–Crippen MR) is 91.5 cm³/mol. The van der Waals surface area contributed by atoms with Gasteiger partial charge in [-0.25, -0.2) is 0 Å². The lowest BCUT2D eigenvalue weighted by Crippen LogP contribution is -2.61. The number of nitrogens with zero attached hydrogens (tertiary/aromatic N) is 1. The molecule has 0 aromatic rings. The fourth-order valence-corrected chi connectivity index (χ4v) is 4.32. The number of thioether (sulfide) groups is 1. The van der Waals surface area contributed by atoms with E-state index >= 15 is 0 Å². The maximum atomic E-state index is 3.89. The zero-order valence-electron chi connectivity index (χ0n) is 13.9. The maximum absolute atomic E-state index is 3.89. The Kier molecular flexibility index (Phi) is 6.70. The van der Waals surface area contributed by atoms with Crippen LogP contribution in [0.15, 0.2) is 0 Å². The second-order valence-electron chi connectivity index (χ2n) is 7.22. The van der Waals surface area contributed by atoms with Gasteiger partial charge in [-0.05, 0) is 30.9 Å². The van der Waals surface area contributed by atoms with E-state index in [1.165, 1.54) is 51.7 Å². The average Bonchev–Trinajstić information content (AvgIpc) is 2.47. The van der Waals surface area contributed by atoms with Crippen LogP contribution in [0.5, 0.6) is 0 Å². The predicted octanol–water partition coefficient (Wildman–Crippen LogP) is 3.62. The lowest BCUT2D eigenvalue weighted by Gasteiger charge is -2.46. The molecule has 3 atom stereocenters. The number of hydrogen-bond acceptors (Lipinski definition) is 3. The molecule has 3 heteroatoms. The molecular weight excluding hydrogens is 264 g/mol. The molecule has 1 saturated heterocycles. The van der Waals surface area contributed by atoms with Crippen LogP contribution >= 0.6 is 11.8 Å². The summed E-state index contributed by atoms with van der Waals surface area (Å²) in [5.74, 6) is 1.69. The van der Waals surface area contributed by atoms with E-state index in [1.54, 1.807) is 0 Å². The highest BCUT2D eigenvalue weighted by atomic mass is 32.2. The van der Waals surface area contributed by atoms with Crippen molar-refractivity contribution in [2.75, 3.05) is 25.9 Å². The molecule has 20 heavy (non-hydrogen) atoms. The number of piperazine rings is 1. The molecule has 2 aliphatic rings. The Hall–Kier alpha value is 0.270. The van der Waals surface area contributed by atoms with Crippen molar-refractivity contribution in [3.8, 4) is 0 Å². The Morgan fingerprint density at radius 2 is 1.85 bits per heavy atom. The van der Waals surface area contributed by atoms with Crippen LogP contribution in [0, 0.1) is 11.8 Å². The lowest BCUT2D eigenvalue weighted by atomic mass is 9.82. The van der Waals surface area contributed by atoms with Crippen LogP contribution in [0.1, 0.15) is 52.9 Å². The summed E-state index contributed by atoms with van der Waals surface area (Å²) in [7, 11) is 0. The Balaban J connectivity index is 1.95. The Bertz CT molecular complexity index is 276. The van der Waals surface area contributed by atoms with E-state index in [0.717, 1.165) is 29.2 Å². The number of nitrogens with one attached hydrogen (secondary N) is 1. The molecule has 3 unspecified atom stereocenters. The number of hydrogen-bond donors (Lipinski definition) is 1. The maximum Gasteiger partial charge on any atom is 0.0244 e. The van der Waals surface area contributed by atoms with Gasteiger partial charge in [-0.2, -0.15) is 11.8 Å². The van der Waals surface area contributed by atoms with Gasteiger partial charge in [0.05, 0.1) is 0 Å². The Labute approximate surface area is 130 Å². The van der Waals surface area contributed by atoms with Crippen molar-refractivity contribution in [2.24, 2.45) is 11.8 Å². The first-order valence-electron chi connectivity index (χ1n) is 8.62. The summed E-state index contributed by atoms with van der Waals surface area (Å²) in [6.07, 6.45) is 9.53. The Morgan fingerprint density at radius 1 is 1.15 bits per heavy atom. The summed E-state index contributed by atoms with van der Waals surface area (Å²) in [5, 5.41) is 4.64. The summed E-state index contributed by atoms with van der Waals surface area (Å²) in [6.45, 7) is 10.9. The molecule has 2 nitrogen and oxygen atoms in total. The fourth-order valence-electron chi connectivity index (χ4n) is 3.98. The van der Waals surface area contributed by atoms with Gasteiger partial charge in [0, 0.05) is 37.0 Å². The third-order valence-corrected chi connectivity index (χ3v) is 6.33. The van der Waals surface area contributed by atoms with E-state index in [0.29, 0.717) is 0 Å². The molecule has 1 saturated carbocycles. The summed E-state index contributed by atoms with van der Waals surface area (Å²) >= 11 is 2.01. The summed E-state index contributed by atoms with van der Waals surface area (Å²) in [5.41, 5.74) is 0. The van der Waals surface area contributed by atoms with E-state index in [2.05, 4.69) is 37.2 Å². The fraction of sp³-hybridized carbons (Fsp3) is 1.00. The standard InChI is InChI=1S/C17H34N2S/c1-13(2)17-10-18-16(15-8-6-5-7-9-15)12-19(17)11-14(3)20-4/h13-18H,5-12H2,1-4H3. The van der Waals surface area contributed by atoms with Gasteiger partial charge in [-0.1, -0.05) is 40.0 Å². The molecule has 1 aliphatic heterocycles. The van der Waals surface area contributed by atoms with Gasteiger partial charge in [0.15, 0.2) is 0 Å². The molecule has 0 aromatic carbocycles. The highest BCUT2D eigenvalue weighted by Crippen LogP contribution is 2.29. The monoisotopic (exact) mass is 298 g/mol. The van der Waals surface area contributed by atoms with Crippen molar-refractivity contribution < 1.29 is 0 Å². The highest BCUT2D eigenvalue weighted by Gasteiger charge is 2.34. The van der Waals surface area contributed by atoms with Gasteiger partial charge in [0.2, 0.25) is 0 Å². The molecule has 2 rings (SSSR count). The van der Waals surface area contributed by atoms with Gasteiger partial charge in [0.1, 0.15) is 0 Å². The molecule has 0 bridgehead atoms. The second kappa shape index (κ2) is 8.05. The van der Waals surface area contributed by atoms with Crippen LogP contribution in [0.25, 0.3) is 0 Å². The van der Waals surface area contributed by atoms with E-state index in [-0.39, 0.29) is 0 Å². The third-order valence-electron chi connectivity index (χ3n) is 5.37. The minimum absolute atomic E-state index is 0.726. The zero-order valence-corrected chi connectivity index (χ0v) is 14.7. The van der Waals surface area contributed by atoms with Crippen molar-refractivity contribution in [2.45, 2.75) is 70.2 Å². The molecule has 0 amide bonds. The van der Waals surface area contributed by atoms with Crippen molar-refractivity contribution in [1.29, 1.82) is 0 Å². The quantitative estimate of drug-likeness (QED) is 0.834. The molecule has 118 valence electrons. The first kappa shape index (κ1) is 16.6. The Morgan fingerprint density at radius 3 is 2.45 bits per heavy atom. The van der Waals surface area contributed by atoms with Crippen molar-refractivity contribution in [1.82, 2.24) is 10.2 Å². The average molecular weight is 299 g/mol. The van der Waals surface area contributed by atoms with Crippen LogP contribution in [-0.2, 0) is 0 Å². The van der Waals surface area contributed by atoms with Gasteiger partial charge in [-0.3, -0.25) is 4.90 Å². The first-order chi connectivity index (χ1) is 9.61. The molecule has 1 aliphatic carbocycles. The molecule has 1 heterocycles. The molecular formula is C17H34N2S. The van der Waals surface area contributed by atoms with Crippen molar-refractivity contribution >= 4 is 11.8 Å². The number of rotatable bonds is 5. The van der Waals surface area contributed by atoms with Gasteiger partial charge in [-0.15, -0.1) is 0 Å². The van der Waals surface area contributed by atoms with Gasteiger partial charge >= 0.3 is 0 Å². The topological polar surface area (TPSA) is 15.3 Å². The van der Waals surface area contributed by atoms with Gasteiger partial charge in [0.25, 0.3) is 0 Å². The van der Waals surface area contributed by atoms with E-state index < -0.39 is 0 Å². The minimum Gasteiger partial charge on any atom is -0.311 e. The van der Waals surface area contributed by atoms with Crippen LogP contribution in [-0.4, -0.2) is 48.1 Å².